The predicted molar refractivity (Wildman–Crippen MR) is 133 cm³/mol. The maximum absolute atomic E-state index is 15.6. The molecule has 4 N–H and O–H groups in total. The zero-order valence-electron chi connectivity index (χ0n) is 20.6. The molecule has 1 saturated heterocycles. The molecule has 1 heterocycles. The van der Waals surface area contributed by atoms with Gasteiger partial charge in [-0.25, -0.2) is 13.6 Å². The smallest absolute Gasteiger partial charge is 0.408 e. The first-order valence-corrected chi connectivity index (χ1v) is 12.5. The summed E-state index contributed by atoms with van der Waals surface area (Å²) < 4.78 is 62.7. The number of benzene rings is 2. The summed E-state index contributed by atoms with van der Waals surface area (Å²) in [6.45, 7) is -0.164. The molecule has 1 aliphatic rings. The van der Waals surface area contributed by atoms with Crippen LogP contribution in [0.15, 0.2) is 54.6 Å². The van der Waals surface area contributed by atoms with Gasteiger partial charge in [0.15, 0.2) is 6.10 Å². The van der Waals surface area contributed by atoms with Crippen LogP contribution >= 0.6 is 11.6 Å². The predicted octanol–water partition coefficient (Wildman–Crippen LogP) is 3.93. The Labute approximate surface area is 227 Å². The summed E-state index contributed by atoms with van der Waals surface area (Å²) in [5.74, 6) is -5.65. The van der Waals surface area contributed by atoms with Crippen LogP contribution in [0.25, 0.3) is 0 Å². The van der Waals surface area contributed by atoms with Gasteiger partial charge in [-0.1, -0.05) is 54.1 Å². The van der Waals surface area contributed by atoms with Crippen molar-refractivity contribution in [3.63, 3.8) is 0 Å². The summed E-state index contributed by atoms with van der Waals surface area (Å²) in [6, 6.07) is 9.00. The molecule has 1 unspecified atom stereocenters. The standard InChI is InChI=1S/C26H28ClF4N3O5/c27-18-8-4-7-17(12-18)26(30,31)22(15-5-2-1-3-6-15)39-25(38)34-20(13-21(28)29)24(37)33-19(14-35)11-16-9-10-32-23(16)36/h1-8,12,16,19-22,35H,9-11,13-14H2,(H,32,36)(H,33,37)(H,34,38)/t16-,19-,20-,22?/m0/s1. The molecule has 13 heteroatoms. The Morgan fingerprint density at radius 1 is 1.13 bits per heavy atom. The maximum atomic E-state index is 15.6. The zero-order valence-corrected chi connectivity index (χ0v) is 21.3. The molecule has 1 fully saturated rings. The third kappa shape index (κ3) is 8.30. The number of hydrogen-bond acceptors (Lipinski definition) is 5. The highest BCUT2D eigenvalue weighted by Gasteiger charge is 2.46. The van der Waals surface area contributed by atoms with Crippen molar-refractivity contribution in [2.45, 2.75) is 49.8 Å². The maximum Gasteiger partial charge on any atom is 0.408 e. The first-order chi connectivity index (χ1) is 18.5. The molecule has 8 nitrogen and oxygen atoms in total. The van der Waals surface area contributed by atoms with Crippen molar-refractivity contribution in [2.75, 3.05) is 13.2 Å². The summed E-state index contributed by atoms with van der Waals surface area (Å²) in [6.07, 6.45) is -7.42. The van der Waals surface area contributed by atoms with Crippen molar-refractivity contribution < 1.29 is 41.8 Å². The van der Waals surface area contributed by atoms with Gasteiger partial charge in [0.1, 0.15) is 6.04 Å². The van der Waals surface area contributed by atoms with E-state index in [-0.39, 0.29) is 22.9 Å². The number of aliphatic hydroxyl groups is 1. The van der Waals surface area contributed by atoms with Gasteiger partial charge >= 0.3 is 12.0 Å². The lowest BCUT2D eigenvalue weighted by Gasteiger charge is -2.29. The van der Waals surface area contributed by atoms with Gasteiger partial charge in [-0.3, -0.25) is 9.59 Å². The molecule has 0 aromatic heterocycles. The number of aliphatic hydroxyl groups excluding tert-OH is 1. The number of alkyl carbamates (subject to hydrolysis) is 1. The van der Waals surface area contributed by atoms with Gasteiger partial charge in [0.05, 0.1) is 12.6 Å². The van der Waals surface area contributed by atoms with Crippen LogP contribution in [0.2, 0.25) is 5.02 Å². The summed E-state index contributed by atoms with van der Waals surface area (Å²) in [7, 11) is 0. The number of halogens is 5. The molecule has 3 rings (SSSR count). The number of rotatable bonds is 12. The van der Waals surface area contributed by atoms with E-state index in [0.717, 1.165) is 12.1 Å². The molecule has 212 valence electrons. The largest absolute Gasteiger partial charge is 0.434 e. The molecule has 2 aromatic carbocycles. The highest BCUT2D eigenvalue weighted by molar-refractivity contribution is 6.30. The van der Waals surface area contributed by atoms with Gasteiger partial charge in [0.25, 0.3) is 0 Å². The van der Waals surface area contributed by atoms with E-state index in [1.54, 1.807) is 6.07 Å². The number of carbonyl (C=O) groups excluding carboxylic acids is 3. The van der Waals surface area contributed by atoms with Gasteiger partial charge in [0, 0.05) is 29.5 Å². The Morgan fingerprint density at radius 2 is 1.85 bits per heavy atom. The SMILES string of the molecule is O=C(N[C@@H](CC(F)F)C(=O)N[C@H](CO)C[C@@H]1CCNC1=O)OC(c1ccccc1)C(F)(F)c1cccc(Cl)c1. The monoisotopic (exact) mass is 573 g/mol. The topological polar surface area (TPSA) is 117 Å². The van der Waals surface area contributed by atoms with Gasteiger partial charge in [0.2, 0.25) is 18.2 Å². The molecule has 4 atom stereocenters. The van der Waals surface area contributed by atoms with Crippen molar-refractivity contribution in [3.05, 3.63) is 70.7 Å². The Kier molecular flexibility index (Phi) is 10.5. The molecule has 0 spiro atoms. The lowest BCUT2D eigenvalue weighted by atomic mass is 9.97. The van der Waals surface area contributed by atoms with Crippen LogP contribution < -0.4 is 16.0 Å². The van der Waals surface area contributed by atoms with Crippen molar-refractivity contribution in [1.29, 1.82) is 0 Å². The minimum absolute atomic E-state index is 0.0191. The fraction of sp³-hybridized carbons (Fsp3) is 0.423. The van der Waals surface area contributed by atoms with E-state index < -0.39 is 67.0 Å². The van der Waals surface area contributed by atoms with E-state index in [9.17, 15) is 28.3 Å². The average Bonchev–Trinajstić information content (AvgIpc) is 3.30. The van der Waals surface area contributed by atoms with E-state index in [1.807, 2.05) is 5.32 Å². The minimum Gasteiger partial charge on any atom is -0.434 e. The van der Waals surface area contributed by atoms with E-state index >= 15 is 8.78 Å². The van der Waals surface area contributed by atoms with Crippen molar-refractivity contribution >= 4 is 29.5 Å². The van der Waals surface area contributed by atoms with E-state index in [4.69, 9.17) is 16.3 Å². The zero-order chi connectivity index (χ0) is 28.6. The molecule has 0 radical (unpaired) electrons. The lowest BCUT2D eigenvalue weighted by molar-refractivity contribution is -0.128. The third-order valence-electron chi connectivity index (χ3n) is 6.19. The second kappa shape index (κ2) is 13.6. The second-order valence-electron chi connectivity index (χ2n) is 9.05. The molecule has 39 heavy (non-hydrogen) atoms. The molecule has 0 bridgehead atoms. The van der Waals surface area contributed by atoms with Gasteiger partial charge in [-0.15, -0.1) is 0 Å². The molecule has 1 aliphatic heterocycles. The van der Waals surface area contributed by atoms with Crippen molar-refractivity contribution in [1.82, 2.24) is 16.0 Å². The van der Waals surface area contributed by atoms with Crippen LogP contribution in [0.5, 0.6) is 0 Å². The van der Waals surface area contributed by atoms with Gasteiger partial charge in [-0.2, -0.15) is 8.78 Å². The van der Waals surface area contributed by atoms with Crippen LogP contribution in [0.3, 0.4) is 0 Å². The number of carbonyl (C=O) groups is 3. The number of alkyl halides is 4. The molecular weight excluding hydrogens is 546 g/mol. The molecule has 3 amide bonds. The summed E-state index contributed by atoms with van der Waals surface area (Å²) in [4.78, 5) is 37.3. The number of hydrogen-bond donors (Lipinski definition) is 4. The van der Waals surface area contributed by atoms with E-state index in [1.165, 1.54) is 36.4 Å². The normalized spacial score (nSPS) is 17.7. The van der Waals surface area contributed by atoms with Crippen LogP contribution in [0, 0.1) is 5.92 Å². The van der Waals surface area contributed by atoms with Crippen LogP contribution in [0.1, 0.15) is 36.5 Å². The highest BCUT2D eigenvalue weighted by Crippen LogP contribution is 2.43. The molecular formula is C26H28ClF4N3O5. The van der Waals surface area contributed by atoms with Crippen molar-refractivity contribution in [3.8, 4) is 0 Å². The first-order valence-electron chi connectivity index (χ1n) is 12.1. The summed E-state index contributed by atoms with van der Waals surface area (Å²) in [5.41, 5.74) is -0.650. The Balaban J connectivity index is 1.77. The third-order valence-corrected chi connectivity index (χ3v) is 6.42. The number of amides is 3. The van der Waals surface area contributed by atoms with Crippen LogP contribution in [0.4, 0.5) is 22.4 Å². The van der Waals surface area contributed by atoms with E-state index in [2.05, 4.69) is 10.6 Å². The average molecular weight is 574 g/mol. The van der Waals surface area contributed by atoms with Crippen molar-refractivity contribution in [2.24, 2.45) is 5.92 Å². The number of ether oxygens (including phenoxy) is 1. The minimum atomic E-state index is -3.80. The molecule has 0 saturated carbocycles. The fourth-order valence-corrected chi connectivity index (χ4v) is 4.40. The van der Waals surface area contributed by atoms with Crippen LogP contribution in [-0.2, 0) is 20.2 Å². The number of nitrogens with one attached hydrogen (secondary N) is 3. The first kappa shape index (κ1) is 30.2. The fourth-order valence-electron chi connectivity index (χ4n) is 4.21. The van der Waals surface area contributed by atoms with E-state index in [0.29, 0.717) is 13.0 Å². The Hall–Kier alpha value is -3.38. The van der Waals surface area contributed by atoms with Crippen LogP contribution in [-0.4, -0.2) is 54.7 Å². The lowest BCUT2D eigenvalue weighted by Crippen LogP contribution is -2.52. The second-order valence-corrected chi connectivity index (χ2v) is 9.49. The summed E-state index contributed by atoms with van der Waals surface area (Å²) >= 11 is 5.87. The molecule has 2 aromatic rings. The Morgan fingerprint density at radius 3 is 2.44 bits per heavy atom. The molecule has 0 aliphatic carbocycles. The quantitative estimate of drug-likeness (QED) is 0.287. The summed E-state index contributed by atoms with van der Waals surface area (Å²) in [5, 5.41) is 16.5. The van der Waals surface area contributed by atoms with Gasteiger partial charge in [-0.05, 0) is 30.5 Å². The highest BCUT2D eigenvalue weighted by atomic mass is 35.5. The van der Waals surface area contributed by atoms with Gasteiger partial charge < -0.3 is 25.8 Å². The Bertz CT molecular complexity index is 1140.